The van der Waals surface area contributed by atoms with Gasteiger partial charge in [0.25, 0.3) is 0 Å². The van der Waals surface area contributed by atoms with Gasteiger partial charge in [-0.2, -0.15) is 0 Å². The average Bonchev–Trinajstić information content (AvgIpc) is 2.38. The normalized spacial score (nSPS) is 12.1. The van der Waals surface area contributed by atoms with E-state index in [9.17, 15) is 30.4 Å². The first-order valence-corrected chi connectivity index (χ1v) is 7.22. The summed E-state index contributed by atoms with van der Waals surface area (Å²) in [6.07, 6.45) is 0. The van der Waals surface area contributed by atoms with Gasteiger partial charge in [-0.1, -0.05) is 0 Å². The highest BCUT2D eigenvalue weighted by atomic mass is 32.2. The van der Waals surface area contributed by atoms with Crippen molar-refractivity contribution < 1.29 is 30.4 Å². The van der Waals surface area contributed by atoms with Gasteiger partial charge in [0.15, 0.2) is 34.6 Å². The molecule has 0 radical (unpaired) electrons. The van der Waals surface area contributed by atoms with Gasteiger partial charge < -0.3 is 0 Å². The van der Waals surface area contributed by atoms with E-state index in [0.29, 0.717) is 24.3 Å². The lowest BCUT2D eigenvalue weighted by Crippen LogP contribution is -2.12. The fourth-order valence-electron chi connectivity index (χ4n) is 1.53. The molecule has 0 aliphatic heterocycles. The first kappa shape index (κ1) is 17.0. The van der Waals surface area contributed by atoms with Crippen LogP contribution in [0.1, 0.15) is 0 Å². The molecule has 5 nitrogen and oxygen atoms in total. The zero-order chi connectivity index (χ0) is 17.4. The summed E-state index contributed by atoms with van der Waals surface area (Å²) in [5.41, 5.74) is -2.17. The summed E-state index contributed by atoms with van der Waals surface area (Å²) >= 11 is 0. The molecule has 0 heterocycles. The molecule has 0 aliphatic rings. The summed E-state index contributed by atoms with van der Waals surface area (Å²) in [4.78, 5) is -0.856. The number of rotatable bonds is 3. The lowest BCUT2D eigenvalue weighted by molar-refractivity contribution is 0.544. The zero-order valence-corrected chi connectivity index (χ0v) is 11.7. The van der Waals surface area contributed by atoms with E-state index in [-0.39, 0.29) is 0 Å². The second-order valence-corrected chi connectivity index (χ2v) is 5.76. The van der Waals surface area contributed by atoms with Gasteiger partial charge in [-0.15, -0.1) is 10.2 Å². The third kappa shape index (κ3) is 3.68. The highest BCUT2D eigenvalue weighted by Crippen LogP contribution is 2.29. The lowest BCUT2D eigenvalue weighted by atomic mass is 10.3. The van der Waals surface area contributed by atoms with E-state index in [1.165, 1.54) is 0 Å². The van der Waals surface area contributed by atoms with E-state index in [1.54, 1.807) is 0 Å². The molecule has 2 N–H and O–H groups in total. The Bertz CT molecular complexity index is 869. The Hall–Kier alpha value is -2.40. The molecule has 11 heteroatoms. The predicted molar refractivity (Wildman–Crippen MR) is 68.2 cm³/mol. The number of primary sulfonamides is 1. The SMILES string of the molecule is NS(=O)(=O)c1cc(F)c(N=Nc2c(F)cc(F)cc2F)c(F)c1. The molecular weight excluding hydrogens is 345 g/mol. The van der Waals surface area contributed by atoms with Crippen molar-refractivity contribution in [2.45, 2.75) is 4.90 Å². The molecule has 2 aromatic carbocycles. The zero-order valence-electron chi connectivity index (χ0n) is 10.9. The Morgan fingerprint density at radius 1 is 0.739 bits per heavy atom. The smallest absolute Gasteiger partial charge is 0.225 e. The maximum atomic E-state index is 13.6. The lowest BCUT2D eigenvalue weighted by Gasteiger charge is -2.03. The summed E-state index contributed by atoms with van der Waals surface area (Å²) in [6, 6.07) is 1.33. The van der Waals surface area contributed by atoms with Crippen molar-refractivity contribution in [3.63, 3.8) is 0 Å². The molecule has 0 saturated heterocycles. The van der Waals surface area contributed by atoms with E-state index < -0.39 is 55.4 Å². The van der Waals surface area contributed by atoms with E-state index in [1.807, 2.05) is 0 Å². The third-order valence-corrected chi connectivity index (χ3v) is 3.44. The largest absolute Gasteiger partial charge is 0.238 e. The van der Waals surface area contributed by atoms with Crippen LogP contribution in [-0.4, -0.2) is 8.42 Å². The minimum Gasteiger partial charge on any atom is -0.225 e. The highest BCUT2D eigenvalue weighted by Gasteiger charge is 2.18. The number of azo groups is 1. The number of nitrogens with zero attached hydrogens (tertiary/aromatic N) is 2. The van der Waals surface area contributed by atoms with Crippen molar-refractivity contribution in [2.75, 3.05) is 0 Å². The van der Waals surface area contributed by atoms with Crippen molar-refractivity contribution >= 4 is 21.4 Å². The van der Waals surface area contributed by atoms with E-state index in [4.69, 9.17) is 5.14 Å². The van der Waals surface area contributed by atoms with Crippen LogP contribution in [0, 0.1) is 29.1 Å². The Kier molecular flexibility index (Phi) is 4.43. The number of nitrogens with two attached hydrogens (primary N) is 1. The molecule has 23 heavy (non-hydrogen) atoms. The standard InChI is InChI=1S/C12H6F5N3O2S/c13-5-1-7(14)11(8(15)2-5)19-20-12-9(16)3-6(4-10(12)17)23(18,21)22/h1-4H,(H2,18,21,22). The second kappa shape index (κ2) is 6.01. The number of hydrogen-bond acceptors (Lipinski definition) is 4. The van der Waals surface area contributed by atoms with Crippen molar-refractivity contribution in [1.82, 2.24) is 0 Å². The molecule has 0 saturated carbocycles. The van der Waals surface area contributed by atoms with Crippen LogP contribution >= 0.6 is 0 Å². The van der Waals surface area contributed by atoms with Crippen LogP contribution in [0.3, 0.4) is 0 Å². The number of hydrogen-bond donors (Lipinski definition) is 1. The van der Waals surface area contributed by atoms with E-state index >= 15 is 0 Å². The third-order valence-electron chi connectivity index (χ3n) is 2.55. The molecule has 0 spiro atoms. The topological polar surface area (TPSA) is 84.9 Å². The molecule has 0 unspecified atom stereocenters. The molecular formula is C12H6F5N3O2S. The van der Waals surface area contributed by atoms with Gasteiger partial charge in [0.2, 0.25) is 10.0 Å². The quantitative estimate of drug-likeness (QED) is 0.678. The van der Waals surface area contributed by atoms with Crippen molar-refractivity contribution in [1.29, 1.82) is 0 Å². The van der Waals surface area contributed by atoms with Gasteiger partial charge in [0, 0.05) is 12.1 Å². The predicted octanol–water partition coefficient (Wildman–Crippen LogP) is 3.44. The number of benzene rings is 2. The van der Waals surface area contributed by atoms with Gasteiger partial charge in [-0.05, 0) is 12.1 Å². The fraction of sp³-hybridized carbons (Fsp3) is 0. The van der Waals surface area contributed by atoms with Gasteiger partial charge in [-0.3, -0.25) is 0 Å². The average molecular weight is 351 g/mol. The van der Waals surface area contributed by atoms with Crippen LogP contribution in [0.5, 0.6) is 0 Å². The molecule has 0 amide bonds. The van der Waals surface area contributed by atoms with Crippen molar-refractivity contribution in [2.24, 2.45) is 15.4 Å². The molecule has 0 bridgehead atoms. The van der Waals surface area contributed by atoms with Crippen LogP contribution in [0.2, 0.25) is 0 Å². The van der Waals surface area contributed by atoms with Crippen LogP contribution in [0.25, 0.3) is 0 Å². The van der Waals surface area contributed by atoms with Crippen molar-refractivity contribution in [3.05, 3.63) is 53.4 Å². The van der Waals surface area contributed by atoms with E-state index in [2.05, 4.69) is 10.2 Å². The molecule has 0 aliphatic carbocycles. The van der Waals surface area contributed by atoms with Crippen LogP contribution in [0.15, 0.2) is 39.4 Å². The summed E-state index contributed by atoms with van der Waals surface area (Å²) < 4.78 is 88.7. The second-order valence-electron chi connectivity index (χ2n) is 4.20. The Morgan fingerprint density at radius 3 is 1.43 bits per heavy atom. The summed E-state index contributed by atoms with van der Waals surface area (Å²) in [5.74, 6) is -7.03. The Morgan fingerprint density at radius 2 is 1.09 bits per heavy atom. The molecule has 122 valence electrons. The highest BCUT2D eigenvalue weighted by molar-refractivity contribution is 7.89. The van der Waals surface area contributed by atoms with Gasteiger partial charge in [-0.25, -0.2) is 35.5 Å². The maximum absolute atomic E-state index is 13.6. The minimum atomic E-state index is -4.36. The molecule has 0 atom stereocenters. The molecule has 2 rings (SSSR count). The molecule has 2 aromatic rings. The number of sulfonamides is 1. The number of halogens is 5. The summed E-state index contributed by atoms with van der Waals surface area (Å²) in [6.45, 7) is 0. The Balaban J connectivity index is 2.49. The van der Waals surface area contributed by atoms with Gasteiger partial charge >= 0.3 is 0 Å². The Labute approximate surface area is 126 Å². The first-order valence-electron chi connectivity index (χ1n) is 5.67. The molecule has 0 aromatic heterocycles. The fourth-order valence-corrected chi connectivity index (χ4v) is 2.07. The van der Waals surface area contributed by atoms with Gasteiger partial charge in [0.05, 0.1) is 4.90 Å². The van der Waals surface area contributed by atoms with Crippen LogP contribution < -0.4 is 5.14 Å². The van der Waals surface area contributed by atoms with Crippen LogP contribution in [0.4, 0.5) is 33.3 Å². The minimum absolute atomic E-state index is 0.300. The first-order chi connectivity index (χ1) is 10.6. The summed E-state index contributed by atoms with van der Waals surface area (Å²) in [5, 5.41) is 10.7. The monoisotopic (exact) mass is 351 g/mol. The summed E-state index contributed by atoms with van der Waals surface area (Å²) in [7, 11) is -4.36. The van der Waals surface area contributed by atoms with E-state index in [0.717, 1.165) is 0 Å². The van der Waals surface area contributed by atoms with Crippen molar-refractivity contribution in [3.8, 4) is 0 Å². The van der Waals surface area contributed by atoms with Gasteiger partial charge in [0.1, 0.15) is 5.82 Å². The van der Waals surface area contributed by atoms with Crippen LogP contribution in [-0.2, 0) is 10.0 Å². The maximum Gasteiger partial charge on any atom is 0.238 e. The molecule has 0 fully saturated rings.